The molecule has 0 radical (unpaired) electrons. The lowest BCUT2D eigenvalue weighted by Gasteiger charge is -2.24. The van der Waals surface area contributed by atoms with Gasteiger partial charge in [0.2, 0.25) is 0 Å². The first-order chi connectivity index (χ1) is 10.9. The molecule has 2 aromatic rings. The van der Waals surface area contributed by atoms with Gasteiger partial charge in [-0.15, -0.1) is 0 Å². The van der Waals surface area contributed by atoms with Crippen LogP contribution < -0.4 is 0 Å². The molecule has 2 heterocycles. The van der Waals surface area contributed by atoms with Crippen LogP contribution in [0.15, 0.2) is 28.8 Å². The van der Waals surface area contributed by atoms with Gasteiger partial charge in [-0.1, -0.05) is 17.3 Å². The van der Waals surface area contributed by atoms with Crippen molar-refractivity contribution in [3.63, 3.8) is 0 Å². The zero-order chi connectivity index (χ0) is 16.6. The van der Waals surface area contributed by atoms with Crippen LogP contribution in [0.3, 0.4) is 0 Å². The van der Waals surface area contributed by atoms with Crippen molar-refractivity contribution >= 4 is 0 Å². The molecule has 1 aliphatic rings. The molecule has 23 heavy (non-hydrogen) atoms. The van der Waals surface area contributed by atoms with Gasteiger partial charge in [0, 0.05) is 18.2 Å². The molecule has 0 unspecified atom stereocenters. The Balaban J connectivity index is 1.77. The van der Waals surface area contributed by atoms with E-state index < -0.39 is 11.7 Å². The van der Waals surface area contributed by atoms with Crippen molar-refractivity contribution in [3.05, 3.63) is 52.4 Å². The van der Waals surface area contributed by atoms with Crippen LogP contribution in [0.2, 0.25) is 0 Å². The van der Waals surface area contributed by atoms with Gasteiger partial charge in [0.15, 0.2) is 0 Å². The number of hydrogen-bond acceptors (Lipinski definition) is 3. The summed E-state index contributed by atoms with van der Waals surface area (Å²) in [6.07, 6.45) is -2.20. The van der Waals surface area contributed by atoms with Crippen molar-refractivity contribution in [1.82, 2.24) is 10.1 Å². The van der Waals surface area contributed by atoms with E-state index in [1.807, 2.05) is 13.8 Å². The maximum atomic E-state index is 12.6. The molecule has 1 aliphatic heterocycles. The second kappa shape index (κ2) is 6.00. The number of aromatic nitrogens is 1. The summed E-state index contributed by atoms with van der Waals surface area (Å²) in [5.41, 5.74) is 2.29. The Morgan fingerprint density at radius 2 is 1.91 bits per heavy atom. The fourth-order valence-electron chi connectivity index (χ4n) is 3.34. The lowest BCUT2D eigenvalue weighted by atomic mass is 10.0. The average Bonchev–Trinajstić information content (AvgIpc) is 3.05. The van der Waals surface area contributed by atoms with Crippen molar-refractivity contribution in [3.8, 4) is 0 Å². The molecule has 0 aliphatic carbocycles. The zero-order valence-electron chi connectivity index (χ0n) is 13.2. The predicted molar refractivity (Wildman–Crippen MR) is 79.8 cm³/mol. The second-order valence-corrected chi connectivity index (χ2v) is 6.06. The molecule has 1 fully saturated rings. The highest BCUT2D eigenvalue weighted by Gasteiger charge is 2.32. The highest BCUT2D eigenvalue weighted by molar-refractivity contribution is 5.28. The third-order valence-electron chi connectivity index (χ3n) is 4.45. The summed E-state index contributed by atoms with van der Waals surface area (Å²) >= 11 is 0. The van der Waals surface area contributed by atoms with E-state index in [0.29, 0.717) is 6.54 Å². The highest BCUT2D eigenvalue weighted by Crippen LogP contribution is 2.36. The second-order valence-electron chi connectivity index (χ2n) is 6.06. The van der Waals surface area contributed by atoms with Crippen molar-refractivity contribution in [1.29, 1.82) is 0 Å². The zero-order valence-corrected chi connectivity index (χ0v) is 13.2. The standard InChI is InChI=1S/C17H19F3N2O/c1-11-16(12(2)23-21-11)15-4-3-9-22(15)10-13-5-7-14(8-6-13)17(18,19)20/h5-8,15H,3-4,9-10H2,1-2H3/t15-/m1/s1. The van der Waals surface area contributed by atoms with Gasteiger partial charge in [-0.25, -0.2) is 0 Å². The average molecular weight is 324 g/mol. The number of benzene rings is 1. The number of aryl methyl sites for hydroxylation is 2. The lowest BCUT2D eigenvalue weighted by Crippen LogP contribution is -2.23. The summed E-state index contributed by atoms with van der Waals surface area (Å²) in [4.78, 5) is 2.29. The van der Waals surface area contributed by atoms with Gasteiger partial charge in [-0.05, 0) is 50.9 Å². The number of halogens is 3. The molecule has 124 valence electrons. The molecule has 0 bridgehead atoms. The molecule has 3 nitrogen and oxygen atoms in total. The SMILES string of the molecule is Cc1noc(C)c1[C@H]1CCCN1Cc1ccc(C(F)(F)F)cc1. The van der Waals surface area contributed by atoms with Crippen LogP contribution in [-0.2, 0) is 12.7 Å². The first kappa shape index (κ1) is 16.1. The summed E-state index contributed by atoms with van der Waals surface area (Å²) in [6, 6.07) is 5.65. The number of rotatable bonds is 3. The fraction of sp³-hybridized carbons (Fsp3) is 0.471. The third kappa shape index (κ3) is 3.27. The van der Waals surface area contributed by atoms with E-state index in [-0.39, 0.29) is 6.04 Å². The maximum Gasteiger partial charge on any atom is 0.416 e. The Kier molecular flexibility index (Phi) is 4.19. The molecule has 1 aromatic carbocycles. The van der Waals surface area contributed by atoms with Gasteiger partial charge in [-0.2, -0.15) is 13.2 Å². The quantitative estimate of drug-likeness (QED) is 0.823. The Bertz CT molecular complexity index is 657. The third-order valence-corrected chi connectivity index (χ3v) is 4.45. The van der Waals surface area contributed by atoms with E-state index in [4.69, 9.17) is 4.52 Å². The molecule has 0 saturated carbocycles. The topological polar surface area (TPSA) is 29.3 Å². The Hall–Kier alpha value is -1.82. The minimum absolute atomic E-state index is 0.226. The molecule has 1 atom stereocenters. The van der Waals surface area contributed by atoms with Crippen LogP contribution in [0.1, 0.15) is 47.0 Å². The normalized spacial score (nSPS) is 19.4. The van der Waals surface area contributed by atoms with E-state index in [1.54, 1.807) is 12.1 Å². The van der Waals surface area contributed by atoms with Crippen LogP contribution in [0.5, 0.6) is 0 Å². The van der Waals surface area contributed by atoms with Crippen LogP contribution in [0, 0.1) is 13.8 Å². The van der Waals surface area contributed by atoms with Crippen molar-refractivity contribution in [2.75, 3.05) is 6.54 Å². The molecule has 6 heteroatoms. The first-order valence-corrected chi connectivity index (χ1v) is 7.69. The summed E-state index contributed by atoms with van der Waals surface area (Å²) < 4.78 is 43.2. The van der Waals surface area contributed by atoms with Crippen molar-refractivity contribution in [2.24, 2.45) is 0 Å². The Labute approximate surface area is 133 Å². The minimum atomic E-state index is -4.29. The van der Waals surface area contributed by atoms with Crippen LogP contribution in [0.4, 0.5) is 13.2 Å². The van der Waals surface area contributed by atoms with Gasteiger partial charge in [0.25, 0.3) is 0 Å². The number of alkyl halides is 3. The summed E-state index contributed by atoms with van der Waals surface area (Å²) in [7, 11) is 0. The summed E-state index contributed by atoms with van der Waals surface area (Å²) in [5.74, 6) is 0.826. The summed E-state index contributed by atoms with van der Waals surface area (Å²) in [6.45, 7) is 5.40. The van der Waals surface area contributed by atoms with Gasteiger partial charge in [0.1, 0.15) is 5.76 Å². The molecular formula is C17H19F3N2O. The van der Waals surface area contributed by atoms with E-state index in [9.17, 15) is 13.2 Å². The van der Waals surface area contributed by atoms with Crippen LogP contribution in [-0.4, -0.2) is 16.6 Å². The van der Waals surface area contributed by atoms with Crippen LogP contribution >= 0.6 is 0 Å². The molecule has 1 saturated heterocycles. The number of likely N-dealkylation sites (tertiary alicyclic amines) is 1. The first-order valence-electron chi connectivity index (χ1n) is 7.69. The molecule has 1 aromatic heterocycles. The molecule has 3 rings (SSSR count). The minimum Gasteiger partial charge on any atom is -0.361 e. The predicted octanol–water partition coefficient (Wildman–Crippen LogP) is 4.65. The maximum absolute atomic E-state index is 12.6. The Morgan fingerprint density at radius 3 is 2.48 bits per heavy atom. The van der Waals surface area contributed by atoms with Crippen LogP contribution in [0.25, 0.3) is 0 Å². The van der Waals surface area contributed by atoms with E-state index in [2.05, 4.69) is 10.1 Å². The smallest absolute Gasteiger partial charge is 0.361 e. The molecule has 0 N–H and O–H groups in total. The number of hydrogen-bond donors (Lipinski definition) is 0. The molecule has 0 amide bonds. The van der Waals surface area contributed by atoms with E-state index >= 15 is 0 Å². The monoisotopic (exact) mass is 324 g/mol. The molecular weight excluding hydrogens is 305 g/mol. The van der Waals surface area contributed by atoms with E-state index in [1.165, 1.54) is 0 Å². The van der Waals surface area contributed by atoms with Crippen molar-refractivity contribution in [2.45, 2.75) is 45.5 Å². The van der Waals surface area contributed by atoms with Gasteiger partial charge in [0.05, 0.1) is 11.3 Å². The largest absolute Gasteiger partial charge is 0.416 e. The van der Waals surface area contributed by atoms with E-state index in [0.717, 1.165) is 54.1 Å². The van der Waals surface area contributed by atoms with Gasteiger partial charge < -0.3 is 4.52 Å². The van der Waals surface area contributed by atoms with Gasteiger partial charge >= 0.3 is 6.18 Å². The van der Waals surface area contributed by atoms with Crippen molar-refractivity contribution < 1.29 is 17.7 Å². The lowest BCUT2D eigenvalue weighted by molar-refractivity contribution is -0.137. The highest BCUT2D eigenvalue weighted by atomic mass is 19.4. The molecule has 0 spiro atoms. The fourth-order valence-corrected chi connectivity index (χ4v) is 3.34. The number of nitrogens with zero attached hydrogens (tertiary/aromatic N) is 2. The Morgan fingerprint density at radius 1 is 1.22 bits per heavy atom. The van der Waals surface area contributed by atoms with Gasteiger partial charge in [-0.3, -0.25) is 4.90 Å². The summed E-state index contributed by atoms with van der Waals surface area (Å²) in [5, 5.41) is 4.01.